The van der Waals surface area contributed by atoms with Crippen molar-refractivity contribution in [2.24, 2.45) is 5.92 Å². The molecule has 2 rings (SSSR count). The molecule has 1 fully saturated rings. The maximum atomic E-state index is 12.2. The van der Waals surface area contributed by atoms with Gasteiger partial charge >= 0.3 is 0 Å². The Hall–Kier alpha value is -1.03. The van der Waals surface area contributed by atoms with E-state index in [2.05, 4.69) is 17.2 Å². The minimum Gasteiger partial charge on any atom is -0.349 e. The summed E-state index contributed by atoms with van der Waals surface area (Å²) in [6, 6.07) is 3.97. The number of nitrogens with zero attached hydrogens (tertiary/aromatic N) is 1. The molecule has 4 heteroatoms. The minimum absolute atomic E-state index is 0.0338. The van der Waals surface area contributed by atoms with Crippen LogP contribution in [0.15, 0.2) is 23.4 Å². The van der Waals surface area contributed by atoms with Gasteiger partial charge in [-0.15, -0.1) is 11.8 Å². The molecule has 3 nitrogen and oxygen atoms in total. The van der Waals surface area contributed by atoms with Crippen molar-refractivity contribution in [2.45, 2.75) is 43.7 Å². The SMILES string of the molecule is CSc1cc(C(=O)NC2CCCCC2C)ccn1. The lowest BCUT2D eigenvalue weighted by atomic mass is 9.86. The fraction of sp³-hybridized carbons (Fsp3) is 0.571. The van der Waals surface area contributed by atoms with Gasteiger partial charge in [0.2, 0.25) is 0 Å². The van der Waals surface area contributed by atoms with Crippen molar-refractivity contribution >= 4 is 17.7 Å². The predicted octanol–water partition coefficient (Wildman–Crippen LogP) is 3.11. The van der Waals surface area contributed by atoms with Gasteiger partial charge in [0.25, 0.3) is 5.91 Å². The zero-order valence-corrected chi connectivity index (χ0v) is 11.8. The Bertz CT molecular complexity index is 422. The van der Waals surface area contributed by atoms with Crippen LogP contribution in [0.4, 0.5) is 0 Å². The first kappa shape index (κ1) is 13.4. The van der Waals surface area contributed by atoms with Crippen LogP contribution in [0.5, 0.6) is 0 Å². The fourth-order valence-electron chi connectivity index (χ4n) is 2.44. The first-order chi connectivity index (χ1) is 8.70. The second-order valence-corrected chi connectivity index (χ2v) is 5.76. The number of carbonyl (C=O) groups excluding carboxylic acids is 1. The Balaban J connectivity index is 2.02. The molecule has 1 aromatic heterocycles. The topological polar surface area (TPSA) is 42.0 Å². The van der Waals surface area contributed by atoms with Gasteiger partial charge in [0, 0.05) is 17.8 Å². The summed E-state index contributed by atoms with van der Waals surface area (Å²) in [7, 11) is 0. The van der Waals surface area contributed by atoms with Crippen molar-refractivity contribution in [3.8, 4) is 0 Å². The first-order valence-corrected chi connectivity index (χ1v) is 7.74. The lowest BCUT2D eigenvalue weighted by Crippen LogP contribution is -2.41. The number of hydrogen-bond acceptors (Lipinski definition) is 3. The Labute approximate surface area is 113 Å². The van der Waals surface area contributed by atoms with Gasteiger partial charge in [0.15, 0.2) is 0 Å². The van der Waals surface area contributed by atoms with Crippen LogP contribution in [0.3, 0.4) is 0 Å². The van der Waals surface area contributed by atoms with Gasteiger partial charge in [-0.3, -0.25) is 4.79 Å². The molecule has 2 unspecified atom stereocenters. The van der Waals surface area contributed by atoms with E-state index in [0.29, 0.717) is 17.5 Å². The summed E-state index contributed by atoms with van der Waals surface area (Å²) < 4.78 is 0. The molecule has 1 aliphatic rings. The zero-order valence-electron chi connectivity index (χ0n) is 11.0. The highest BCUT2D eigenvalue weighted by Crippen LogP contribution is 2.24. The van der Waals surface area contributed by atoms with Crippen molar-refractivity contribution in [2.75, 3.05) is 6.26 Å². The van der Waals surface area contributed by atoms with Gasteiger partial charge in [-0.05, 0) is 37.1 Å². The number of hydrogen-bond donors (Lipinski definition) is 1. The molecule has 0 aliphatic heterocycles. The molecular formula is C14H20N2OS. The van der Waals surface area contributed by atoms with Crippen molar-refractivity contribution in [1.29, 1.82) is 0 Å². The number of rotatable bonds is 3. The zero-order chi connectivity index (χ0) is 13.0. The number of amides is 1. The van der Waals surface area contributed by atoms with E-state index in [9.17, 15) is 4.79 Å². The van der Waals surface area contributed by atoms with Gasteiger partial charge in [-0.2, -0.15) is 0 Å². The normalized spacial score (nSPS) is 23.7. The molecule has 1 amide bonds. The van der Waals surface area contributed by atoms with Crippen molar-refractivity contribution in [3.63, 3.8) is 0 Å². The molecule has 0 spiro atoms. The highest BCUT2D eigenvalue weighted by molar-refractivity contribution is 7.98. The van der Waals surface area contributed by atoms with Crippen molar-refractivity contribution < 1.29 is 4.79 Å². The highest BCUT2D eigenvalue weighted by atomic mass is 32.2. The van der Waals surface area contributed by atoms with E-state index < -0.39 is 0 Å². The van der Waals surface area contributed by atoms with Crippen LogP contribution in [-0.2, 0) is 0 Å². The van der Waals surface area contributed by atoms with E-state index in [0.717, 1.165) is 11.4 Å². The van der Waals surface area contributed by atoms with Crippen molar-refractivity contribution in [3.05, 3.63) is 23.9 Å². The van der Waals surface area contributed by atoms with Crippen LogP contribution < -0.4 is 5.32 Å². The summed E-state index contributed by atoms with van der Waals surface area (Å²) in [5.74, 6) is 0.621. The second kappa shape index (κ2) is 6.23. The summed E-state index contributed by atoms with van der Waals surface area (Å²) >= 11 is 1.56. The van der Waals surface area contributed by atoms with E-state index in [1.807, 2.05) is 12.3 Å². The minimum atomic E-state index is 0.0338. The van der Waals surface area contributed by atoms with Crippen LogP contribution in [0.25, 0.3) is 0 Å². The molecule has 1 heterocycles. The van der Waals surface area contributed by atoms with Gasteiger partial charge < -0.3 is 5.32 Å². The molecule has 0 saturated heterocycles. The summed E-state index contributed by atoms with van der Waals surface area (Å²) in [6.45, 7) is 2.23. The van der Waals surface area contributed by atoms with E-state index in [1.54, 1.807) is 24.0 Å². The summed E-state index contributed by atoms with van der Waals surface area (Å²) in [5.41, 5.74) is 0.715. The maximum Gasteiger partial charge on any atom is 0.251 e. The number of carbonyl (C=O) groups is 1. The lowest BCUT2D eigenvalue weighted by molar-refractivity contribution is 0.0910. The number of thioether (sulfide) groups is 1. The molecule has 0 radical (unpaired) electrons. The molecule has 1 saturated carbocycles. The summed E-state index contributed by atoms with van der Waals surface area (Å²) in [5, 5.41) is 4.05. The maximum absolute atomic E-state index is 12.2. The molecule has 0 bridgehead atoms. The Kier molecular flexibility index (Phi) is 4.64. The third-order valence-electron chi connectivity index (χ3n) is 3.63. The van der Waals surface area contributed by atoms with Gasteiger partial charge in [0.1, 0.15) is 0 Å². The number of pyridine rings is 1. The molecule has 18 heavy (non-hydrogen) atoms. The Morgan fingerprint density at radius 3 is 2.94 bits per heavy atom. The van der Waals surface area contributed by atoms with Gasteiger partial charge in [-0.25, -0.2) is 4.98 Å². The second-order valence-electron chi connectivity index (χ2n) is 4.93. The van der Waals surface area contributed by atoms with Gasteiger partial charge in [-0.1, -0.05) is 19.8 Å². The molecular weight excluding hydrogens is 244 g/mol. The molecule has 1 aromatic rings. The van der Waals surface area contributed by atoms with Crippen LogP contribution in [0.1, 0.15) is 43.0 Å². The average Bonchev–Trinajstić information content (AvgIpc) is 2.41. The van der Waals surface area contributed by atoms with E-state index in [4.69, 9.17) is 0 Å². The van der Waals surface area contributed by atoms with Crippen LogP contribution in [0.2, 0.25) is 0 Å². The summed E-state index contributed by atoms with van der Waals surface area (Å²) in [4.78, 5) is 16.4. The first-order valence-electron chi connectivity index (χ1n) is 6.51. The number of nitrogens with one attached hydrogen (secondary N) is 1. The standard InChI is InChI=1S/C14H20N2OS/c1-10-5-3-4-6-12(10)16-14(17)11-7-8-15-13(9-11)18-2/h7-10,12H,3-6H2,1-2H3,(H,16,17). The van der Waals surface area contributed by atoms with E-state index in [-0.39, 0.29) is 5.91 Å². The van der Waals surface area contributed by atoms with E-state index >= 15 is 0 Å². The molecule has 1 aliphatic carbocycles. The number of aromatic nitrogens is 1. The fourth-order valence-corrected chi connectivity index (χ4v) is 2.86. The smallest absolute Gasteiger partial charge is 0.251 e. The molecule has 0 aromatic carbocycles. The van der Waals surface area contributed by atoms with Crippen LogP contribution >= 0.6 is 11.8 Å². The quantitative estimate of drug-likeness (QED) is 0.853. The predicted molar refractivity (Wildman–Crippen MR) is 74.9 cm³/mol. The van der Waals surface area contributed by atoms with Crippen LogP contribution in [0, 0.1) is 5.92 Å². The Morgan fingerprint density at radius 1 is 1.44 bits per heavy atom. The molecule has 1 N–H and O–H groups in total. The third-order valence-corrected chi connectivity index (χ3v) is 4.28. The molecule has 98 valence electrons. The van der Waals surface area contributed by atoms with Gasteiger partial charge in [0.05, 0.1) is 5.03 Å². The monoisotopic (exact) mass is 264 g/mol. The largest absolute Gasteiger partial charge is 0.349 e. The van der Waals surface area contributed by atoms with Crippen LogP contribution in [-0.4, -0.2) is 23.2 Å². The lowest BCUT2D eigenvalue weighted by Gasteiger charge is -2.29. The summed E-state index contributed by atoms with van der Waals surface area (Å²) in [6.07, 6.45) is 8.50. The third kappa shape index (κ3) is 3.25. The van der Waals surface area contributed by atoms with Crippen molar-refractivity contribution in [1.82, 2.24) is 10.3 Å². The Morgan fingerprint density at radius 2 is 2.22 bits per heavy atom. The molecule has 2 atom stereocenters. The highest BCUT2D eigenvalue weighted by Gasteiger charge is 2.23. The average molecular weight is 264 g/mol. The van der Waals surface area contributed by atoms with E-state index in [1.165, 1.54) is 19.3 Å².